The van der Waals surface area contributed by atoms with Gasteiger partial charge in [0, 0.05) is 24.6 Å². The van der Waals surface area contributed by atoms with E-state index in [0.717, 1.165) is 18.5 Å². The number of carbonyl (C=O) groups excluding carboxylic acids is 1. The minimum Gasteiger partial charge on any atom is -0.477 e. The quantitative estimate of drug-likeness (QED) is 0.804. The summed E-state index contributed by atoms with van der Waals surface area (Å²) in [5.41, 5.74) is 0.971. The van der Waals surface area contributed by atoms with Gasteiger partial charge in [-0.3, -0.25) is 9.59 Å². The summed E-state index contributed by atoms with van der Waals surface area (Å²) >= 11 is 0. The molecular weight excluding hydrogens is 310 g/mol. The highest BCUT2D eigenvalue weighted by Crippen LogP contribution is 2.38. The van der Waals surface area contributed by atoms with E-state index >= 15 is 0 Å². The first-order valence-corrected chi connectivity index (χ1v) is 8.00. The molecule has 126 valence electrons. The highest BCUT2D eigenvalue weighted by Gasteiger charge is 2.25. The van der Waals surface area contributed by atoms with Gasteiger partial charge in [0.05, 0.1) is 18.8 Å². The van der Waals surface area contributed by atoms with Crippen molar-refractivity contribution in [1.82, 2.24) is 25.3 Å². The molecule has 0 radical (unpaired) electrons. The number of carbonyl (C=O) groups is 1. The lowest BCUT2D eigenvalue weighted by atomic mass is 10.3. The molecule has 0 unspecified atom stereocenters. The second kappa shape index (κ2) is 7.20. The number of hydrogen-bond acceptors (Lipinski definition) is 6. The van der Waals surface area contributed by atoms with Crippen molar-refractivity contribution in [1.29, 1.82) is 0 Å². The standard InChI is InChI=1S/C16H19N5O3/c1-2-24-14-7-5-13(18-19-14)16(23)17-9-10-21-15(22)8-6-12(20-21)11-3-4-11/h5-8,11H,2-4,9-10H2,1H3,(H,17,23). The third kappa shape index (κ3) is 3.95. The Balaban J connectivity index is 1.55. The van der Waals surface area contributed by atoms with Gasteiger partial charge in [0.2, 0.25) is 5.88 Å². The fourth-order valence-corrected chi connectivity index (χ4v) is 2.25. The van der Waals surface area contributed by atoms with Crippen LogP contribution in [0.3, 0.4) is 0 Å². The van der Waals surface area contributed by atoms with Crippen LogP contribution in [0.2, 0.25) is 0 Å². The van der Waals surface area contributed by atoms with Gasteiger partial charge >= 0.3 is 0 Å². The summed E-state index contributed by atoms with van der Waals surface area (Å²) in [6.07, 6.45) is 2.25. The normalized spacial score (nSPS) is 13.5. The Hall–Kier alpha value is -2.77. The Labute approximate surface area is 138 Å². The van der Waals surface area contributed by atoms with Gasteiger partial charge in [-0.25, -0.2) is 4.68 Å². The van der Waals surface area contributed by atoms with Crippen molar-refractivity contribution in [3.63, 3.8) is 0 Å². The molecule has 0 saturated heterocycles. The van der Waals surface area contributed by atoms with Crippen LogP contribution in [0.4, 0.5) is 0 Å². The fraction of sp³-hybridized carbons (Fsp3) is 0.438. The van der Waals surface area contributed by atoms with Gasteiger partial charge < -0.3 is 10.1 Å². The maximum atomic E-state index is 12.0. The Morgan fingerprint density at radius 1 is 1.29 bits per heavy atom. The smallest absolute Gasteiger partial charge is 0.271 e. The summed E-state index contributed by atoms with van der Waals surface area (Å²) in [6, 6.07) is 6.45. The van der Waals surface area contributed by atoms with E-state index < -0.39 is 0 Å². The molecule has 1 N–H and O–H groups in total. The van der Waals surface area contributed by atoms with Gasteiger partial charge in [-0.05, 0) is 31.9 Å². The van der Waals surface area contributed by atoms with E-state index in [9.17, 15) is 9.59 Å². The molecule has 0 aliphatic heterocycles. The molecule has 1 amide bonds. The highest BCUT2D eigenvalue weighted by atomic mass is 16.5. The van der Waals surface area contributed by atoms with E-state index in [1.165, 1.54) is 10.7 Å². The molecule has 2 aromatic heterocycles. The Bertz CT molecular complexity index is 768. The van der Waals surface area contributed by atoms with Crippen LogP contribution in [-0.2, 0) is 6.54 Å². The van der Waals surface area contributed by atoms with E-state index in [0.29, 0.717) is 24.9 Å². The number of aromatic nitrogens is 4. The zero-order chi connectivity index (χ0) is 16.9. The third-order valence-electron chi connectivity index (χ3n) is 3.66. The lowest BCUT2D eigenvalue weighted by molar-refractivity contribution is 0.0945. The number of nitrogens with zero attached hydrogens (tertiary/aromatic N) is 4. The first kappa shape index (κ1) is 16.1. The molecule has 8 heteroatoms. The van der Waals surface area contributed by atoms with Gasteiger partial charge in [0.25, 0.3) is 11.5 Å². The first-order chi connectivity index (χ1) is 11.7. The van der Waals surface area contributed by atoms with Crippen LogP contribution in [-0.4, -0.2) is 39.0 Å². The van der Waals surface area contributed by atoms with E-state index in [1.54, 1.807) is 18.2 Å². The zero-order valence-electron chi connectivity index (χ0n) is 13.4. The van der Waals surface area contributed by atoms with Gasteiger partial charge in [0.1, 0.15) is 0 Å². The minimum atomic E-state index is -0.350. The van der Waals surface area contributed by atoms with Crippen molar-refractivity contribution in [2.45, 2.75) is 32.2 Å². The van der Waals surface area contributed by atoms with Gasteiger partial charge in [0.15, 0.2) is 5.69 Å². The molecule has 0 spiro atoms. The predicted molar refractivity (Wildman–Crippen MR) is 86.0 cm³/mol. The second-order valence-electron chi connectivity index (χ2n) is 5.54. The third-order valence-corrected chi connectivity index (χ3v) is 3.66. The number of amides is 1. The molecule has 24 heavy (non-hydrogen) atoms. The van der Waals surface area contributed by atoms with Crippen LogP contribution in [0.15, 0.2) is 29.1 Å². The summed E-state index contributed by atoms with van der Waals surface area (Å²) in [5, 5.41) is 14.7. The maximum absolute atomic E-state index is 12.0. The summed E-state index contributed by atoms with van der Waals surface area (Å²) in [5.74, 6) is 0.504. The molecule has 3 rings (SSSR count). The molecule has 1 saturated carbocycles. The molecule has 2 aromatic rings. The van der Waals surface area contributed by atoms with Crippen molar-refractivity contribution >= 4 is 5.91 Å². The van der Waals surface area contributed by atoms with E-state index in [-0.39, 0.29) is 23.7 Å². The zero-order valence-corrected chi connectivity index (χ0v) is 13.4. The van der Waals surface area contributed by atoms with Gasteiger partial charge in [-0.15, -0.1) is 10.2 Å². The Morgan fingerprint density at radius 3 is 2.79 bits per heavy atom. The molecule has 1 aliphatic carbocycles. The predicted octanol–water partition coefficient (Wildman–Crippen LogP) is 0.739. The van der Waals surface area contributed by atoms with Crippen LogP contribution in [0.5, 0.6) is 5.88 Å². The van der Waals surface area contributed by atoms with Crippen LogP contribution < -0.4 is 15.6 Å². The van der Waals surface area contributed by atoms with Crippen molar-refractivity contribution < 1.29 is 9.53 Å². The van der Waals surface area contributed by atoms with E-state index in [2.05, 4.69) is 20.6 Å². The summed E-state index contributed by atoms with van der Waals surface area (Å²) in [7, 11) is 0. The lowest BCUT2D eigenvalue weighted by Crippen LogP contribution is -2.32. The molecule has 0 bridgehead atoms. The number of rotatable bonds is 7. The molecule has 1 fully saturated rings. The average Bonchev–Trinajstić information content (AvgIpc) is 3.42. The topological polar surface area (TPSA) is 99.0 Å². The summed E-state index contributed by atoms with van der Waals surface area (Å²) < 4.78 is 6.56. The minimum absolute atomic E-state index is 0.172. The fourth-order valence-electron chi connectivity index (χ4n) is 2.25. The van der Waals surface area contributed by atoms with Crippen LogP contribution >= 0.6 is 0 Å². The number of ether oxygens (including phenoxy) is 1. The average molecular weight is 329 g/mol. The number of nitrogens with one attached hydrogen (secondary N) is 1. The van der Waals surface area contributed by atoms with Crippen molar-refractivity contribution in [2.75, 3.05) is 13.2 Å². The van der Waals surface area contributed by atoms with Crippen LogP contribution in [0.25, 0.3) is 0 Å². The summed E-state index contributed by atoms with van der Waals surface area (Å²) in [6.45, 7) is 2.93. The van der Waals surface area contributed by atoms with Crippen LogP contribution in [0.1, 0.15) is 41.9 Å². The maximum Gasteiger partial charge on any atom is 0.271 e. The summed E-state index contributed by atoms with van der Waals surface area (Å²) in [4.78, 5) is 23.8. The SMILES string of the molecule is CCOc1ccc(C(=O)NCCn2nc(C3CC3)ccc2=O)nn1. The highest BCUT2D eigenvalue weighted by molar-refractivity contribution is 5.92. The van der Waals surface area contributed by atoms with Gasteiger partial charge in [-0.2, -0.15) is 5.10 Å². The van der Waals surface area contributed by atoms with Crippen molar-refractivity contribution in [2.24, 2.45) is 0 Å². The Morgan fingerprint density at radius 2 is 2.12 bits per heavy atom. The molecule has 2 heterocycles. The molecule has 1 aliphatic rings. The van der Waals surface area contributed by atoms with Crippen LogP contribution in [0, 0.1) is 0 Å². The van der Waals surface area contributed by atoms with Gasteiger partial charge in [-0.1, -0.05) is 0 Å². The van der Waals surface area contributed by atoms with Crippen molar-refractivity contribution in [3.8, 4) is 5.88 Å². The first-order valence-electron chi connectivity index (χ1n) is 8.00. The van der Waals surface area contributed by atoms with E-state index in [1.807, 2.05) is 6.92 Å². The molecule has 0 aromatic carbocycles. The lowest BCUT2D eigenvalue weighted by Gasteiger charge is -2.08. The molecule has 8 nitrogen and oxygen atoms in total. The largest absolute Gasteiger partial charge is 0.477 e. The molecule has 0 atom stereocenters. The number of hydrogen-bond donors (Lipinski definition) is 1. The second-order valence-corrected chi connectivity index (χ2v) is 5.54. The Kier molecular flexibility index (Phi) is 4.83. The monoisotopic (exact) mass is 329 g/mol. The van der Waals surface area contributed by atoms with E-state index in [4.69, 9.17) is 4.74 Å². The molecular formula is C16H19N5O3. The van der Waals surface area contributed by atoms with Crippen molar-refractivity contribution in [3.05, 3.63) is 46.0 Å².